The van der Waals surface area contributed by atoms with Crippen molar-refractivity contribution >= 4 is 28.6 Å². The normalized spacial score (nSPS) is 32.6. The fraction of sp³-hybridized carbons (Fsp3) is 0.590. The number of thioether (sulfide) groups is 1. The molecule has 0 amide bonds. The molecule has 2 saturated carbocycles. The summed E-state index contributed by atoms with van der Waals surface area (Å²) in [4.78, 5) is 30.0. The summed E-state index contributed by atoms with van der Waals surface area (Å²) in [6, 6.07) is 20.4. The monoisotopic (exact) mass is 616 g/mol. The number of benzene rings is 2. The van der Waals surface area contributed by atoms with Gasteiger partial charge in [-0.15, -0.1) is 11.8 Å². The molecule has 0 saturated heterocycles. The molecule has 3 aliphatic rings. The van der Waals surface area contributed by atoms with E-state index in [1.165, 1.54) is 11.8 Å². The van der Waals surface area contributed by atoms with E-state index >= 15 is 0 Å². The highest BCUT2D eigenvalue weighted by Gasteiger charge is 2.48. The maximum atomic E-state index is 14.5. The van der Waals surface area contributed by atoms with E-state index in [9.17, 15) is 9.59 Å². The van der Waals surface area contributed by atoms with Crippen LogP contribution >= 0.6 is 11.8 Å². The molecular weight excluding hydrogens is 564 g/mol. The molecule has 0 aromatic heterocycles. The average molecular weight is 617 g/mol. The summed E-state index contributed by atoms with van der Waals surface area (Å²) in [6.07, 6.45) is 8.14. The van der Waals surface area contributed by atoms with Gasteiger partial charge in [-0.1, -0.05) is 121 Å². The van der Waals surface area contributed by atoms with Crippen molar-refractivity contribution in [2.75, 3.05) is 0 Å². The van der Waals surface area contributed by atoms with Crippen molar-refractivity contribution < 1.29 is 19.1 Å². The maximum Gasteiger partial charge on any atom is 0.320 e. The van der Waals surface area contributed by atoms with Crippen molar-refractivity contribution in [3.05, 3.63) is 77.9 Å². The zero-order chi connectivity index (χ0) is 31.4. The van der Waals surface area contributed by atoms with Gasteiger partial charge in [0.2, 0.25) is 0 Å². The van der Waals surface area contributed by atoms with E-state index in [0.717, 1.165) is 54.6 Å². The van der Waals surface area contributed by atoms with Crippen LogP contribution in [0.3, 0.4) is 0 Å². The molecule has 0 N–H and O–H groups in total. The van der Waals surface area contributed by atoms with Gasteiger partial charge in [0.25, 0.3) is 0 Å². The minimum atomic E-state index is -0.698. The van der Waals surface area contributed by atoms with Gasteiger partial charge in [-0.3, -0.25) is 9.59 Å². The van der Waals surface area contributed by atoms with Gasteiger partial charge in [0.15, 0.2) is 0 Å². The van der Waals surface area contributed by atoms with Gasteiger partial charge < -0.3 is 9.47 Å². The van der Waals surface area contributed by atoms with Crippen LogP contribution in [-0.4, -0.2) is 29.4 Å². The van der Waals surface area contributed by atoms with Gasteiger partial charge in [0, 0.05) is 10.8 Å². The molecule has 1 heterocycles. The summed E-state index contributed by atoms with van der Waals surface area (Å²) in [5, 5.41) is -0.698. The molecule has 4 nitrogen and oxygen atoms in total. The van der Waals surface area contributed by atoms with Crippen LogP contribution < -0.4 is 0 Å². The first-order valence-corrected chi connectivity index (χ1v) is 17.9. The Hall–Kier alpha value is -2.53. The highest BCUT2D eigenvalue weighted by molar-refractivity contribution is 8.09. The molecule has 2 aromatic carbocycles. The molecule has 0 spiro atoms. The number of ether oxygens (including phenoxy) is 2. The lowest BCUT2D eigenvalue weighted by Gasteiger charge is -2.41. The van der Waals surface area contributed by atoms with Crippen LogP contribution in [0.15, 0.2) is 66.7 Å². The van der Waals surface area contributed by atoms with Crippen LogP contribution in [0, 0.1) is 41.4 Å². The molecule has 5 heteroatoms. The van der Waals surface area contributed by atoms with Gasteiger partial charge in [-0.05, 0) is 72.3 Å². The first-order chi connectivity index (χ1) is 21.1. The fourth-order valence-electron chi connectivity index (χ4n) is 7.86. The molecule has 44 heavy (non-hydrogen) atoms. The number of hydrogen-bond donors (Lipinski definition) is 0. The summed E-state index contributed by atoms with van der Waals surface area (Å²) in [6.45, 7) is 13.4. The van der Waals surface area contributed by atoms with Crippen LogP contribution in [0.1, 0.15) is 97.1 Å². The quantitative estimate of drug-likeness (QED) is 0.277. The van der Waals surface area contributed by atoms with Crippen molar-refractivity contribution in [1.82, 2.24) is 0 Å². The summed E-state index contributed by atoms with van der Waals surface area (Å²) >= 11 is 1.48. The highest BCUT2D eigenvalue weighted by Crippen LogP contribution is 2.49. The third kappa shape index (κ3) is 7.63. The van der Waals surface area contributed by atoms with E-state index in [1.807, 2.05) is 36.4 Å². The first-order valence-electron chi connectivity index (χ1n) is 17.0. The van der Waals surface area contributed by atoms with Gasteiger partial charge in [0.1, 0.15) is 17.5 Å². The zero-order valence-corrected chi connectivity index (χ0v) is 28.3. The Labute approximate surface area is 269 Å². The Morgan fingerprint density at radius 3 is 1.73 bits per heavy atom. The van der Waals surface area contributed by atoms with Gasteiger partial charge in [-0.2, -0.15) is 0 Å². The van der Waals surface area contributed by atoms with Crippen LogP contribution in [0.5, 0.6) is 0 Å². The van der Waals surface area contributed by atoms with Gasteiger partial charge >= 0.3 is 11.9 Å². The number of hydrogen-bond acceptors (Lipinski definition) is 5. The predicted molar refractivity (Wildman–Crippen MR) is 181 cm³/mol. The predicted octanol–water partition coefficient (Wildman–Crippen LogP) is 9.55. The number of carbonyl (C=O) groups excluding carboxylic acids is 2. The maximum absolute atomic E-state index is 14.5. The third-order valence-electron chi connectivity index (χ3n) is 10.5. The van der Waals surface area contributed by atoms with Crippen LogP contribution in [0.25, 0.3) is 4.91 Å². The van der Waals surface area contributed by atoms with Gasteiger partial charge in [0.05, 0.1) is 5.92 Å². The SMILES string of the molecule is CC(C)[C@@H]1CC[C@@H](C)C[C@H]1OC(=O)[C@@H]1[C@@H](c2ccccc2)C=C(c2ccccc2)S[C@H]1C(=O)O[C@@H]1C[C@H](C)CC[C@H]1C(C)C. The van der Waals surface area contributed by atoms with Crippen molar-refractivity contribution in [3.63, 3.8) is 0 Å². The number of esters is 2. The third-order valence-corrected chi connectivity index (χ3v) is 11.9. The van der Waals surface area contributed by atoms with Crippen LogP contribution in [0.2, 0.25) is 0 Å². The van der Waals surface area contributed by atoms with E-state index in [-0.39, 0.29) is 30.1 Å². The molecule has 2 aliphatic carbocycles. The number of rotatable bonds is 8. The topological polar surface area (TPSA) is 52.6 Å². The molecule has 5 rings (SSSR count). The zero-order valence-electron chi connectivity index (χ0n) is 27.5. The Balaban J connectivity index is 1.53. The highest BCUT2D eigenvalue weighted by atomic mass is 32.2. The molecule has 0 radical (unpaired) electrons. The Bertz CT molecular complexity index is 1270. The van der Waals surface area contributed by atoms with Gasteiger partial charge in [-0.25, -0.2) is 0 Å². The molecule has 0 bridgehead atoms. The lowest BCUT2D eigenvalue weighted by atomic mass is 9.75. The lowest BCUT2D eigenvalue weighted by Crippen LogP contribution is -2.45. The van der Waals surface area contributed by atoms with E-state index in [4.69, 9.17) is 9.47 Å². The van der Waals surface area contributed by atoms with Crippen LogP contribution in [0.4, 0.5) is 0 Å². The molecule has 1 aliphatic heterocycles. The molecular formula is C39H52O4S. The van der Waals surface area contributed by atoms with Crippen molar-refractivity contribution in [2.45, 2.75) is 103 Å². The average Bonchev–Trinajstić information content (AvgIpc) is 3.01. The fourth-order valence-corrected chi connectivity index (χ4v) is 9.21. The second-order valence-electron chi connectivity index (χ2n) is 14.5. The van der Waals surface area contributed by atoms with Crippen molar-refractivity contribution in [2.24, 2.45) is 41.4 Å². The minimum absolute atomic E-state index is 0.130. The summed E-state index contributed by atoms with van der Waals surface area (Å²) in [7, 11) is 0. The van der Waals surface area contributed by atoms with E-state index in [1.54, 1.807) is 0 Å². The molecule has 238 valence electrons. The Morgan fingerprint density at radius 1 is 0.705 bits per heavy atom. The summed E-state index contributed by atoms with van der Waals surface area (Å²) < 4.78 is 13.0. The van der Waals surface area contributed by atoms with E-state index in [0.29, 0.717) is 35.5 Å². The van der Waals surface area contributed by atoms with E-state index < -0.39 is 11.2 Å². The second-order valence-corrected chi connectivity index (χ2v) is 15.7. The summed E-state index contributed by atoms with van der Waals surface area (Å²) in [5.74, 6) is 1.03. The van der Waals surface area contributed by atoms with E-state index in [2.05, 4.69) is 71.9 Å². The second kappa shape index (κ2) is 14.7. The standard InChI is InChI=1S/C39H52O4S/c1-24(2)30-19-17-26(5)21-33(30)42-38(40)36-32(28-13-9-7-10-14-28)23-35(29-15-11-8-12-16-29)44-37(36)39(41)43-34-22-27(6)18-20-31(34)25(3)4/h7-16,23-27,30-34,36-37H,17-22H2,1-6H3/t26-,27-,30+,31+,32-,33-,34-,36-,37-/m1/s1. The Morgan fingerprint density at radius 2 is 1.20 bits per heavy atom. The van der Waals surface area contributed by atoms with Crippen molar-refractivity contribution in [1.29, 1.82) is 0 Å². The molecule has 2 aromatic rings. The largest absolute Gasteiger partial charge is 0.462 e. The van der Waals surface area contributed by atoms with Crippen molar-refractivity contribution in [3.8, 4) is 0 Å². The lowest BCUT2D eigenvalue weighted by molar-refractivity contribution is -0.167. The molecule has 9 atom stereocenters. The molecule has 0 unspecified atom stereocenters. The number of allylic oxidation sites excluding steroid dienone is 1. The smallest absolute Gasteiger partial charge is 0.320 e. The Kier molecular flexibility index (Phi) is 11.0. The minimum Gasteiger partial charge on any atom is -0.462 e. The first kappa shape index (κ1) is 32.9. The summed E-state index contributed by atoms with van der Waals surface area (Å²) in [5.41, 5.74) is 2.07. The molecule has 2 fully saturated rings. The van der Waals surface area contributed by atoms with Crippen LogP contribution in [-0.2, 0) is 19.1 Å². The number of carbonyl (C=O) groups is 2.